The lowest BCUT2D eigenvalue weighted by molar-refractivity contribution is 0.0507. The fraction of sp³-hybridized carbons (Fsp3) is 0.588. The fourth-order valence-corrected chi connectivity index (χ4v) is 1.96. The van der Waals surface area contributed by atoms with Crippen molar-refractivity contribution in [3.63, 3.8) is 0 Å². The molecule has 132 valence electrons. The molecule has 0 N–H and O–H groups in total. The lowest BCUT2D eigenvalue weighted by Crippen LogP contribution is -2.23. The van der Waals surface area contributed by atoms with Gasteiger partial charge in [0.2, 0.25) is 0 Å². The monoisotopic (exact) mass is 335 g/mol. The lowest BCUT2D eigenvalue weighted by atomic mass is 10.3. The molecule has 1 rings (SSSR count). The van der Waals surface area contributed by atoms with E-state index in [1.165, 1.54) is 10.7 Å². The van der Waals surface area contributed by atoms with Gasteiger partial charge in [0.05, 0.1) is 19.8 Å². The molecule has 0 fully saturated rings. The topological polar surface area (TPSA) is 73.7 Å². The second kappa shape index (κ2) is 10.4. The van der Waals surface area contributed by atoms with Crippen LogP contribution in [0.4, 0.5) is 0 Å². The van der Waals surface area contributed by atoms with Gasteiger partial charge in [-0.3, -0.25) is 4.90 Å². The molecule has 0 saturated heterocycles. The van der Waals surface area contributed by atoms with E-state index in [-0.39, 0.29) is 31.1 Å². The molecule has 0 amide bonds. The predicted octanol–water partition coefficient (Wildman–Crippen LogP) is 1.58. The zero-order valence-corrected chi connectivity index (χ0v) is 14.8. The summed E-state index contributed by atoms with van der Waals surface area (Å²) in [5, 5.41) is 4.11. The first-order valence-electron chi connectivity index (χ1n) is 8.17. The summed E-state index contributed by atoms with van der Waals surface area (Å²) in [4.78, 5) is 26.0. The van der Waals surface area contributed by atoms with Crippen LogP contribution >= 0.6 is 0 Å². The van der Waals surface area contributed by atoms with Gasteiger partial charge in [-0.1, -0.05) is 25.7 Å². The Hall–Kier alpha value is -2.33. The zero-order valence-electron chi connectivity index (χ0n) is 14.8. The molecule has 0 saturated carbocycles. The fourth-order valence-electron chi connectivity index (χ4n) is 1.96. The zero-order chi connectivity index (χ0) is 17.9. The highest BCUT2D eigenvalue weighted by Crippen LogP contribution is 2.08. The van der Waals surface area contributed by atoms with E-state index in [1.54, 1.807) is 13.8 Å². The number of rotatable bonds is 8. The van der Waals surface area contributed by atoms with E-state index < -0.39 is 11.9 Å². The van der Waals surface area contributed by atoms with Gasteiger partial charge in [-0.25, -0.2) is 14.3 Å². The van der Waals surface area contributed by atoms with Gasteiger partial charge in [-0.15, -0.1) is 0 Å². The molecule has 0 aromatic carbocycles. The number of nitrogens with zero attached hydrogens (tertiary/aromatic N) is 3. The molecule has 0 bridgehead atoms. The van der Waals surface area contributed by atoms with Gasteiger partial charge in [-0.05, 0) is 26.9 Å². The van der Waals surface area contributed by atoms with Crippen LogP contribution in [0, 0.1) is 11.8 Å². The van der Waals surface area contributed by atoms with Crippen molar-refractivity contribution < 1.29 is 19.1 Å². The molecule has 7 heteroatoms. The van der Waals surface area contributed by atoms with Crippen molar-refractivity contribution in [2.24, 2.45) is 0 Å². The highest BCUT2D eigenvalue weighted by atomic mass is 16.5. The van der Waals surface area contributed by atoms with E-state index in [0.29, 0.717) is 6.54 Å². The summed E-state index contributed by atoms with van der Waals surface area (Å²) in [7, 11) is 0. The summed E-state index contributed by atoms with van der Waals surface area (Å²) in [6.45, 7) is 10.8. The number of hydrogen-bond acceptors (Lipinski definition) is 6. The second-order valence-corrected chi connectivity index (χ2v) is 4.83. The first-order valence-corrected chi connectivity index (χ1v) is 8.17. The van der Waals surface area contributed by atoms with Gasteiger partial charge >= 0.3 is 11.9 Å². The minimum Gasteiger partial charge on any atom is -0.461 e. The van der Waals surface area contributed by atoms with Crippen LogP contribution in [0.15, 0.2) is 6.07 Å². The van der Waals surface area contributed by atoms with E-state index in [9.17, 15) is 9.59 Å². The van der Waals surface area contributed by atoms with Crippen molar-refractivity contribution in [2.45, 2.75) is 34.2 Å². The molecule has 7 nitrogen and oxygen atoms in total. The number of carbonyl (C=O) groups excluding carboxylic acids is 2. The maximum atomic E-state index is 12.0. The van der Waals surface area contributed by atoms with E-state index in [2.05, 4.69) is 35.7 Å². The Kier molecular flexibility index (Phi) is 8.58. The van der Waals surface area contributed by atoms with Crippen molar-refractivity contribution in [3.8, 4) is 11.8 Å². The Morgan fingerprint density at radius 1 is 1.08 bits per heavy atom. The lowest BCUT2D eigenvalue weighted by Gasteiger charge is -2.13. The molecule has 1 aromatic rings. The molecule has 0 atom stereocenters. The highest BCUT2D eigenvalue weighted by molar-refractivity contribution is 5.93. The Bertz CT molecular complexity index is 609. The molecule has 0 aliphatic carbocycles. The first-order chi connectivity index (χ1) is 11.6. The molecule has 1 aromatic heterocycles. The Morgan fingerprint density at radius 3 is 2.29 bits per heavy atom. The third kappa shape index (κ3) is 5.70. The van der Waals surface area contributed by atoms with Crippen molar-refractivity contribution in [1.82, 2.24) is 14.7 Å². The van der Waals surface area contributed by atoms with E-state index in [1.807, 2.05) is 0 Å². The van der Waals surface area contributed by atoms with Crippen molar-refractivity contribution >= 4 is 11.9 Å². The van der Waals surface area contributed by atoms with Crippen LogP contribution in [0.25, 0.3) is 0 Å². The van der Waals surface area contributed by atoms with Crippen LogP contribution in [-0.4, -0.2) is 59.5 Å². The molecule has 0 unspecified atom stereocenters. The van der Waals surface area contributed by atoms with E-state index >= 15 is 0 Å². The average Bonchev–Trinajstić information content (AvgIpc) is 3.00. The van der Waals surface area contributed by atoms with Gasteiger partial charge in [0.25, 0.3) is 0 Å². The molecule has 0 aliphatic heterocycles. The van der Waals surface area contributed by atoms with Crippen molar-refractivity contribution in [2.75, 3.05) is 32.8 Å². The van der Waals surface area contributed by atoms with E-state index in [0.717, 1.165) is 13.1 Å². The van der Waals surface area contributed by atoms with Gasteiger partial charge in [-0.2, -0.15) is 5.10 Å². The van der Waals surface area contributed by atoms with Crippen LogP contribution in [0.3, 0.4) is 0 Å². The maximum absolute atomic E-state index is 12.0. The molecule has 0 aliphatic rings. The van der Waals surface area contributed by atoms with Gasteiger partial charge in [0.15, 0.2) is 5.69 Å². The van der Waals surface area contributed by atoms with Crippen LogP contribution in [-0.2, 0) is 16.0 Å². The SMILES string of the molecule is CCOC(=O)c1cc(C(=O)OCC)n(CC#CCN(CC)CC)n1. The summed E-state index contributed by atoms with van der Waals surface area (Å²) in [5.41, 5.74) is 0.266. The summed E-state index contributed by atoms with van der Waals surface area (Å²) < 4.78 is 11.3. The molecule has 0 spiro atoms. The standard InChI is InChI=1S/C17H25N3O4/c1-5-19(6-2)11-9-10-12-20-15(17(22)24-8-4)13-14(18-20)16(21)23-7-3/h13H,5-8,11-12H2,1-4H3. The molecule has 0 radical (unpaired) electrons. The van der Waals surface area contributed by atoms with Crippen LogP contribution < -0.4 is 0 Å². The van der Waals surface area contributed by atoms with Crippen molar-refractivity contribution in [3.05, 3.63) is 17.5 Å². The number of ether oxygens (including phenoxy) is 2. The van der Waals surface area contributed by atoms with Gasteiger partial charge in [0, 0.05) is 6.07 Å². The number of esters is 2. The van der Waals surface area contributed by atoms with Crippen LogP contribution in [0.1, 0.15) is 48.7 Å². The smallest absolute Gasteiger partial charge is 0.358 e. The number of carbonyl (C=O) groups is 2. The molecular weight excluding hydrogens is 310 g/mol. The molecule has 24 heavy (non-hydrogen) atoms. The van der Waals surface area contributed by atoms with Gasteiger partial charge < -0.3 is 9.47 Å². The molecular formula is C17H25N3O4. The number of aromatic nitrogens is 2. The number of hydrogen-bond donors (Lipinski definition) is 0. The quantitative estimate of drug-likeness (QED) is 0.530. The maximum Gasteiger partial charge on any atom is 0.358 e. The Labute approximate surface area is 142 Å². The van der Waals surface area contributed by atoms with E-state index in [4.69, 9.17) is 9.47 Å². The summed E-state index contributed by atoms with van der Waals surface area (Å²) >= 11 is 0. The third-order valence-corrected chi connectivity index (χ3v) is 3.30. The van der Waals surface area contributed by atoms with Gasteiger partial charge in [0.1, 0.15) is 12.2 Å². The first kappa shape index (κ1) is 19.7. The second-order valence-electron chi connectivity index (χ2n) is 4.83. The summed E-state index contributed by atoms with van der Waals surface area (Å²) in [5.74, 6) is 4.91. The summed E-state index contributed by atoms with van der Waals surface area (Å²) in [6.07, 6.45) is 0. The summed E-state index contributed by atoms with van der Waals surface area (Å²) in [6, 6.07) is 1.38. The Morgan fingerprint density at radius 2 is 1.71 bits per heavy atom. The minimum absolute atomic E-state index is 0.0745. The van der Waals surface area contributed by atoms with Crippen molar-refractivity contribution in [1.29, 1.82) is 0 Å². The van der Waals surface area contributed by atoms with Crippen LogP contribution in [0.5, 0.6) is 0 Å². The molecule has 1 heterocycles. The largest absolute Gasteiger partial charge is 0.461 e. The normalized spacial score (nSPS) is 10.2. The Balaban J connectivity index is 2.92. The van der Waals surface area contributed by atoms with Crippen LogP contribution in [0.2, 0.25) is 0 Å². The predicted molar refractivity (Wildman–Crippen MR) is 89.7 cm³/mol. The minimum atomic E-state index is -0.571. The average molecular weight is 335 g/mol. The third-order valence-electron chi connectivity index (χ3n) is 3.30. The highest BCUT2D eigenvalue weighted by Gasteiger charge is 2.20.